The number of fused-ring (bicyclic) bond motifs is 7. The molecule has 5 aromatic rings. The molecule has 0 N–H and O–H groups in total. The van der Waals surface area contributed by atoms with Crippen LogP contribution >= 0.6 is 0 Å². The minimum atomic E-state index is 0.113. The zero-order valence-electron chi connectivity index (χ0n) is 19.5. The largest absolute Gasteiger partial charge is 0.458 e. The van der Waals surface area contributed by atoms with E-state index in [1.165, 1.54) is 64.5 Å². The maximum atomic E-state index is 6.57. The number of aromatic nitrogens is 1. The van der Waals surface area contributed by atoms with Gasteiger partial charge >= 0.3 is 0 Å². The van der Waals surface area contributed by atoms with Crippen molar-refractivity contribution in [1.29, 1.82) is 0 Å². The minimum absolute atomic E-state index is 0.113. The van der Waals surface area contributed by atoms with Crippen LogP contribution in [0, 0.1) is 0 Å². The number of ether oxygens (including phenoxy) is 2. The highest BCUT2D eigenvalue weighted by atomic mass is 16.5. The third-order valence-corrected chi connectivity index (χ3v) is 7.98. The Bertz CT molecular complexity index is 1650. The Labute approximate surface area is 205 Å². The van der Waals surface area contributed by atoms with Gasteiger partial charge in [0.25, 0.3) is 6.71 Å². The second-order valence-electron chi connectivity index (χ2n) is 9.90. The lowest BCUT2D eigenvalue weighted by atomic mass is 9.35. The standard InChI is InChI=1S/C31H24BNO2/c1-2-9-21-22-10-4-6-13-26(22)33(25(21)12-3-1)20-17-18-24-30(19-20)35-29-16-8-15-28-31(29)32(24)23-11-5-7-14-27(23)34-28/h4-8,10-11,13-19H,1-3,9,12H2. The Morgan fingerprint density at radius 1 is 0.629 bits per heavy atom. The lowest BCUT2D eigenvalue weighted by Gasteiger charge is -2.33. The van der Waals surface area contributed by atoms with Crippen LogP contribution < -0.4 is 25.9 Å². The first-order valence-corrected chi connectivity index (χ1v) is 12.7. The number of rotatable bonds is 1. The number of aryl methyl sites for hydroxylation is 1. The Kier molecular flexibility index (Phi) is 4.04. The SMILES string of the molecule is c1ccc2c(c1)Oc1cccc3c1B2c1ccc(-n2c4c(c5ccccc52)CCCCC4)cc1O3. The second kappa shape index (κ2) is 7.29. The first-order chi connectivity index (χ1) is 17.4. The van der Waals surface area contributed by atoms with Crippen molar-refractivity contribution in [3.05, 3.63) is 96.2 Å². The molecule has 0 fully saturated rings. The van der Waals surface area contributed by atoms with Crippen LogP contribution in [0.1, 0.15) is 30.5 Å². The molecule has 2 aliphatic heterocycles. The van der Waals surface area contributed by atoms with Gasteiger partial charge < -0.3 is 14.0 Å². The number of nitrogens with zero attached hydrogens (tertiary/aromatic N) is 1. The molecule has 8 rings (SSSR count). The van der Waals surface area contributed by atoms with Gasteiger partial charge in [-0.15, -0.1) is 0 Å². The number of hydrogen-bond donors (Lipinski definition) is 0. The summed E-state index contributed by atoms with van der Waals surface area (Å²) in [6.07, 6.45) is 6.12. The van der Waals surface area contributed by atoms with E-state index in [1.54, 1.807) is 0 Å². The van der Waals surface area contributed by atoms with Gasteiger partial charge in [-0.2, -0.15) is 0 Å². The lowest BCUT2D eigenvalue weighted by Crippen LogP contribution is -2.57. The predicted octanol–water partition coefficient (Wildman–Crippen LogP) is 5.63. The smallest absolute Gasteiger partial charge is 0.260 e. The summed E-state index contributed by atoms with van der Waals surface area (Å²) in [4.78, 5) is 0. The highest BCUT2D eigenvalue weighted by Gasteiger charge is 2.39. The van der Waals surface area contributed by atoms with E-state index in [2.05, 4.69) is 71.3 Å². The molecule has 3 heterocycles. The number of hydrogen-bond acceptors (Lipinski definition) is 2. The van der Waals surface area contributed by atoms with E-state index in [0.717, 1.165) is 34.9 Å². The van der Waals surface area contributed by atoms with Gasteiger partial charge in [0.1, 0.15) is 23.0 Å². The van der Waals surface area contributed by atoms with Crippen molar-refractivity contribution in [3.63, 3.8) is 0 Å². The van der Waals surface area contributed by atoms with Gasteiger partial charge in [0, 0.05) is 28.3 Å². The molecule has 0 amide bonds. The van der Waals surface area contributed by atoms with Crippen LogP contribution in [0.15, 0.2) is 84.9 Å². The fraction of sp³-hybridized carbons (Fsp3) is 0.161. The Morgan fingerprint density at radius 2 is 1.37 bits per heavy atom. The summed E-state index contributed by atoms with van der Waals surface area (Å²) in [5.41, 5.74) is 9.02. The van der Waals surface area contributed by atoms with Crippen molar-refractivity contribution in [3.8, 4) is 28.7 Å². The van der Waals surface area contributed by atoms with Crippen LogP contribution in [0.3, 0.4) is 0 Å². The first-order valence-electron chi connectivity index (χ1n) is 12.7. The third-order valence-electron chi connectivity index (χ3n) is 7.98. The Morgan fingerprint density at radius 3 is 2.31 bits per heavy atom. The minimum Gasteiger partial charge on any atom is -0.458 e. The summed E-state index contributed by atoms with van der Waals surface area (Å²) in [6.45, 7) is 0.113. The molecule has 1 aliphatic carbocycles. The summed E-state index contributed by atoms with van der Waals surface area (Å²) >= 11 is 0. The summed E-state index contributed by atoms with van der Waals surface area (Å²) in [5, 5.41) is 1.40. The fourth-order valence-corrected chi connectivity index (χ4v) is 6.47. The van der Waals surface area contributed by atoms with Gasteiger partial charge in [0.15, 0.2) is 0 Å². The molecule has 4 heteroatoms. The molecule has 168 valence electrons. The summed E-state index contributed by atoms with van der Waals surface area (Å²) < 4.78 is 15.3. The van der Waals surface area contributed by atoms with Gasteiger partial charge in [-0.3, -0.25) is 0 Å². The van der Waals surface area contributed by atoms with Crippen LogP contribution in [0.4, 0.5) is 0 Å². The summed E-state index contributed by atoms with van der Waals surface area (Å²) in [5.74, 6) is 3.65. The van der Waals surface area contributed by atoms with Gasteiger partial charge in [0.05, 0.1) is 5.52 Å². The van der Waals surface area contributed by atoms with Crippen LogP contribution in [-0.2, 0) is 12.8 Å². The predicted molar refractivity (Wildman–Crippen MR) is 142 cm³/mol. The highest BCUT2D eigenvalue weighted by molar-refractivity contribution is 6.98. The molecule has 0 atom stereocenters. The normalized spacial score (nSPS) is 15.3. The zero-order valence-corrected chi connectivity index (χ0v) is 19.5. The molecular weight excluding hydrogens is 429 g/mol. The van der Waals surface area contributed by atoms with Crippen molar-refractivity contribution in [1.82, 2.24) is 4.57 Å². The van der Waals surface area contributed by atoms with Gasteiger partial charge in [-0.1, -0.05) is 55.0 Å². The van der Waals surface area contributed by atoms with Crippen molar-refractivity contribution >= 4 is 34.0 Å². The summed E-state index contributed by atoms with van der Waals surface area (Å²) in [7, 11) is 0. The monoisotopic (exact) mass is 453 g/mol. The van der Waals surface area contributed by atoms with Gasteiger partial charge in [-0.25, -0.2) is 0 Å². The highest BCUT2D eigenvalue weighted by Crippen LogP contribution is 2.37. The fourth-order valence-electron chi connectivity index (χ4n) is 6.47. The third kappa shape index (κ3) is 2.74. The van der Waals surface area contributed by atoms with E-state index in [4.69, 9.17) is 9.47 Å². The first kappa shape index (κ1) is 19.4. The van der Waals surface area contributed by atoms with Gasteiger partial charge in [-0.05, 0) is 72.5 Å². The van der Waals surface area contributed by atoms with Crippen LogP contribution in [0.25, 0.3) is 16.6 Å². The van der Waals surface area contributed by atoms with E-state index in [0.29, 0.717) is 0 Å². The molecular formula is C31H24BNO2. The van der Waals surface area contributed by atoms with E-state index in [-0.39, 0.29) is 6.71 Å². The molecule has 0 unspecified atom stereocenters. The van der Waals surface area contributed by atoms with Crippen molar-refractivity contribution < 1.29 is 9.47 Å². The number of para-hydroxylation sites is 2. The van der Waals surface area contributed by atoms with Gasteiger partial charge in [0.2, 0.25) is 0 Å². The molecule has 0 saturated carbocycles. The Balaban J connectivity index is 1.35. The van der Waals surface area contributed by atoms with Crippen molar-refractivity contribution in [2.75, 3.05) is 0 Å². The molecule has 0 spiro atoms. The average molecular weight is 453 g/mol. The number of benzene rings is 4. The molecule has 0 bridgehead atoms. The topological polar surface area (TPSA) is 23.4 Å². The molecule has 4 aromatic carbocycles. The zero-order chi connectivity index (χ0) is 22.9. The molecule has 1 aromatic heterocycles. The maximum absolute atomic E-state index is 6.57. The second-order valence-corrected chi connectivity index (χ2v) is 9.90. The molecule has 35 heavy (non-hydrogen) atoms. The maximum Gasteiger partial charge on any atom is 0.260 e. The molecule has 3 nitrogen and oxygen atoms in total. The average Bonchev–Trinajstić information content (AvgIpc) is 3.03. The molecule has 0 radical (unpaired) electrons. The summed E-state index contributed by atoms with van der Waals surface area (Å²) in [6, 6.07) is 30.2. The van der Waals surface area contributed by atoms with Crippen LogP contribution in [0.5, 0.6) is 23.0 Å². The van der Waals surface area contributed by atoms with E-state index in [9.17, 15) is 0 Å². The Hall–Kier alpha value is -3.92. The van der Waals surface area contributed by atoms with E-state index < -0.39 is 0 Å². The molecule has 3 aliphatic rings. The van der Waals surface area contributed by atoms with Crippen molar-refractivity contribution in [2.24, 2.45) is 0 Å². The van der Waals surface area contributed by atoms with E-state index in [1.807, 2.05) is 18.2 Å². The van der Waals surface area contributed by atoms with E-state index >= 15 is 0 Å². The quantitative estimate of drug-likeness (QED) is 0.238. The van der Waals surface area contributed by atoms with Crippen molar-refractivity contribution in [2.45, 2.75) is 32.1 Å². The van der Waals surface area contributed by atoms with Crippen LogP contribution in [-0.4, -0.2) is 11.3 Å². The van der Waals surface area contributed by atoms with Crippen LogP contribution in [0.2, 0.25) is 0 Å². The lowest BCUT2D eigenvalue weighted by molar-refractivity contribution is 0.464. The molecule has 0 saturated heterocycles.